The molecule has 0 saturated carbocycles. The predicted octanol–water partition coefficient (Wildman–Crippen LogP) is 3.51. The number of nitrogens with zero attached hydrogens (tertiary/aromatic N) is 3. The van der Waals surface area contributed by atoms with E-state index in [0.717, 1.165) is 35.2 Å². The number of benzene rings is 1. The lowest BCUT2D eigenvalue weighted by Gasteiger charge is -2.07. The van der Waals surface area contributed by atoms with E-state index >= 15 is 0 Å². The van der Waals surface area contributed by atoms with Crippen LogP contribution in [-0.2, 0) is 0 Å². The van der Waals surface area contributed by atoms with Crippen molar-refractivity contribution in [3.05, 3.63) is 48.8 Å². The summed E-state index contributed by atoms with van der Waals surface area (Å²) >= 11 is 0. The Morgan fingerprint density at radius 2 is 1.90 bits per heavy atom. The molecule has 0 radical (unpaired) electrons. The molecule has 0 unspecified atom stereocenters. The monoisotopic (exact) mass is 264 g/mol. The molecule has 0 bridgehead atoms. The Kier molecular flexibility index (Phi) is 3.54. The van der Waals surface area contributed by atoms with Gasteiger partial charge in [0.1, 0.15) is 5.82 Å². The lowest BCUT2D eigenvalue weighted by atomic mass is 10.1. The van der Waals surface area contributed by atoms with Crippen LogP contribution in [0.3, 0.4) is 0 Å². The van der Waals surface area contributed by atoms with Crippen LogP contribution in [0.2, 0.25) is 0 Å². The minimum Gasteiger partial charge on any atom is -0.370 e. The van der Waals surface area contributed by atoms with E-state index in [1.807, 2.05) is 36.4 Å². The van der Waals surface area contributed by atoms with Gasteiger partial charge in [0.05, 0.1) is 5.52 Å². The van der Waals surface area contributed by atoms with Gasteiger partial charge in [0.25, 0.3) is 0 Å². The quantitative estimate of drug-likeness (QED) is 0.783. The molecular formula is C16H16N4. The van der Waals surface area contributed by atoms with Crippen LogP contribution in [-0.4, -0.2) is 21.5 Å². The molecule has 4 nitrogen and oxygen atoms in total. The molecule has 100 valence electrons. The van der Waals surface area contributed by atoms with Crippen molar-refractivity contribution in [3.63, 3.8) is 0 Å². The van der Waals surface area contributed by atoms with Crippen molar-refractivity contribution in [1.29, 1.82) is 0 Å². The highest BCUT2D eigenvalue weighted by atomic mass is 15.0. The highest BCUT2D eigenvalue weighted by Crippen LogP contribution is 2.24. The zero-order chi connectivity index (χ0) is 13.8. The van der Waals surface area contributed by atoms with E-state index in [9.17, 15) is 0 Å². The summed E-state index contributed by atoms with van der Waals surface area (Å²) in [6.45, 7) is 3.04. The summed E-state index contributed by atoms with van der Waals surface area (Å²) in [6, 6.07) is 11.9. The van der Waals surface area contributed by atoms with Gasteiger partial charge in [0.15, 0.2) is 5.82 Å². The summed E-state index contributed by atoms with van der Waals surface area (Å²) in [5.74, 6) is 1.56. The molecule has 3 rings (SSSR count). The summed E-state index contributed by atoms with van der Waals surface area (Å²) in [5, 5.41) is 4.38. The second kappa shape index (κ2) is 5.65. The Balaban J connectivity index is 2.06. The molecular weight excluding hydrogens is 248 g/mol. The van der Waals surface area contributed by atoms with Gasteiger partial charge in [0, 0.05) is 29.9 Å². The van der Waals surface area contributed by atoms with Crippen LogP contribution in [0.1, 0.15) is 13.3 Å². The molecule has 0 atom stereocenters. The molecule has 4 heteroatoms. The van der Waals surface area contributed by atoms with E-state index in [-0.39, 0.29) is 0 Å². The van der Waals surface area contributed by atoms with E-state index in [2.05, 4.69) is 27.2 Å². The first-order chi connectivity index (χ1) is 9.88. The molecule has 20 heavy (non-hydrogen) atoms. The fraction of sp³-hybridized carbons (Fsp3) is 0.188. The van der Waals surface area contributed by atoms with Crippen molar-refractivity contribution in [2.45, 2.75) is 13.3 Å². The minimum atomic E-state index is 0.704. The molecule has 0 fully saturated rings. The first kappa shape index (κ1) is 12.5. The number of aromatic nitrogens is 3. The van der Waals surface area contributed by atoms with Crippen LogP contribution < -0.4 is 5.32 Å². The third-order valence-electron chi connectivity index (χ3n) is 3.09. The summed E-state index contributed by atoms with van der Waals surface area (Å²) in [6.07, 6.45) is 4.64. The largest absolute Gasteiger partial charge is 0.370 e. The number of hydrogen-bond donors (Lipinski definition) is 1. The fourth-order valence-corrected chi connectivity index (χ4v) is 2.12. The SMILES string of the molecule is CCCNc1ccnc(-c2cccc3cccnc23)n1. The second-order valence-corrected chi connectivity index (χ2v) is 4.57. The Bertz CT molecular complexity index is 719. The molecule has 0 saturated heterocycles. The van der Waals surface area contributed by atoms with Gasteiger partial charge >= 0.3 is 0 Å². The first-order valence-corrected chi connectivity index (χ1v) is 6.79. The summed E-state index contributed by atoms with van der Waals surface area (Å²) in [7, 11) is 0. The topological polar surface area (TPSA) is 50.7 Å². The van der Waals surface area contributed by atoms with Gasteiger partial charge in [0.2, 0.25) is 0 Å². The van der Waals surface area contributed by atoms with Crippen LogP contribution in [0.25, 0.3) is 22.3 Å². The summed E-state index contributed by atoms with van der Waals surface area (Å²) < 4.78 is 0. The molecule has 3 aromatic rings. The molecule has 1 N–H and O–H groups in total. The van der Waals surface area contributed by atoms with E-state index in [0.29, 0.717) is 5.82 Å². The van der Waals surface area contributed by atoms with Crippen molar-refractivity contribution in [2.75, 3.05) is 11.9 Å². The smallest absolute Gasteiger partial charge is 0.163 e. The number of para-hydroxylation sites is 1. The number of rotatable bonds is 4. The van der Waals surface area contributed by atoms with Gasteiger partial charge in [-0.15, -0.1) is 0 Å². The zero-order valence-electron chi connectivity index (χ0n) is 11.4. The third-order valence-corrected chi connectivity index (χ3v) is 3.09. The van der Waals surface area contributed by atoms with Gasteiger partial charge in [-0.3, -0.25) is 4.98 Å². The van der Waals surface area contributed by atoms with Crippen molar-refractivity contribution < 1.29 is 0 Å². The first-order valence-electron chi connectivity index (χ1n) is 6.79. The van der Waals surface area contributed by atoms with Crippen molar-refractivity contribution in [2.24, 2.45) is 0 Å². The Morgan fingerprint density at radius 1 is 1.00 bits per heavy atom. The molecule has 1 aromatic carbocycles. The van der Waals surface area contributed by atoms with Crippen molar-refractivity contribution in [3.8, 4) is 11.4 Å². The van der Waals surface area contributed by atoms with Gasteiger partial charge in [-0.25, -0.2) is 9.97 Å². The molecule has 0 aliphatic rings. The number of pyridine rings is 1. The van der Waals surface area contributed by atoms with Crippen LogP contribution in [0.15, 0.2) is 48.8 Å². The van der Waals surface area contributed by atoms with Crippen molar-refractivity contribution in [1.82, 2.24) is 15.0 Å². The molecule has 2 aromatic heterocycles. The van der Waals surface area contributed by atoms with Crippen LogP contribution in [0.4, 0.5) is 5.82 Å². The average Bonchev–Trinajstić information content (AvgIpc) is 2.52. The van der Waals surface area contributed by atoms with Gasteiger partial charge in [-0.05, 0) is 24.6 Å². The fourth-order valence-electron chi connectivity index (χ4n) is 2.12. The highest BCUT2D eigenvalue weighted by molar-refractivity contribution is 5.91. The summed E-state index contributed by atoms with van der Waals surface area (Å²) in [4.78, 5) is 13.4. The third kappa shape index (κ3) is 2.45. The van der Waals surface area contributed by atoms with E-state index in [1.165, 1.54) is 0 Å². The van der Waals surface area contributed by atoms with Crippen LogP contribution in [0.5, 0.6) is 0 Å². The highest BCUT2D eigenvalue weighted by Gasteiger charge is 2.07. The molecule has 0 aliphatic carbocycles. The van der Waals surface area contributed by atoms with Crippen LogP contribution in [0, 0.1) is 0 Å². The molecule has 2 heterocycles. The van der Waals surface area contributed by atoms with Crippen molar-refractivity contribution >= 4 is 16.7 Å². The van der Waals surface area contributed by atoms with E-state index < -0.39 is 0 Å². The Labute approximate surface area is 117 Å². The van der Waals surface area contributed by atoms with Gasteiger partial charge in [-0.1, -0.05) is 25.1 Å². The van der Waals surface area contributed by atoms with Crippen LogP contribution >= 0.6 is 0 Å². The second-order valence-electron chi connectivity index (χ2n) is 4.57. The normalized spacial score (nSPS) is 10.7. The maximum atomic E-state index is 4.57. The molecule has 0 aliphatic heterocycles. The summed E-state index contributed by atoms with van der Waals surface area (Å²) in [5.41, 5.74) is 1.89. The van der Waals surface area contributed by atoms with E-state index in [4.69, 9.17) is 0 Å². The maximum absolute atomic E-state index is 4.57. The number of fused-ring (bicyclic) bond motifs is 1. The zero-order valence-corrected chi connectivity index (χ0v) is 11.4. The standard InChI is InChI=1S/C16H16N4/c1-2-9-17-14-8-11-19-16(20-14)13-7-3-5-12-6-4-10-18-15(12)13/h3-8,10-11H,2,9H2,1H3,(H,17,19,20). The minimum absolute atomic E-state index is 0.704. The Hall–Kier alpha value is -2.49. The number of anilines is 1. The molecule has 0 amide bonds. The number of hydrogen-bond acceptors (Lipinski definition) is 4. The van der Waals surface area contributed by atoms with E-state index in [1.54, 1.807) is 12.4 Å². The average molecular weight is 264 g/mol. The molecule has 0 spiro atoms. The lowest BCUT2D eigenvalue weighted by molar-refractivity contribution is 0.966. The number of nitrogens with one attached hydrogen (secondary N) is 1. The van der Waals surface area contributed by atoms with Gasteiger partial charge < -0.3 is 5.32 Å². The predicted molar refractivity (Wildman–Crippen MR) is 81.5 cm³/mol. The maximum Gasteiger partial charge on any atom is 0.163 e. The lowest BCUT2D eigenvalue weighted by Crippen LogP contribution is -2.03. The van der Waals surface area contributed by atoms with Gasteiger partial charge in [-0.2, -0.15) is 0 Å². The Morgan fingerprint density at radius 3 is 2.80 bits per heavy atom.